The van der Waals surface area contributed by atoms with E-state index in [2.05, 4.69) is 10.4 Å². The van der Waals surface area contributed by atoms with Crippen molar-refractivity contribution in [2.24, 2.45) is 5.84 Å². The van der Waals surface area contributed by atoms with Gasteiger partial charge < -0.3 is 5.43 Å². The number of nitrogens with zero attached hydrogens (tertiary/aromatic N) is 2. The quantitative estimate of drug-likeness (QED) is 0.494. The van der Waals surface area contributed by atoms with Crippen molar-refractivity contribution in [2.45, 2.75) is 13.3 Å². The fourth-order valence-corrected chi connectivity index (χ4v) is 1.81. The van der Waals surface area contributed by atoms with Crippen molar-refractivity contribution < 1.29 is 9.31 Å². The van der Waals surface area contributed by atoms with Gasteiger partial charge in [-0.15, -0.1) is 0 Å². The van der Waals surface area contributed by atoms with E-state index in [4.69, 9.17) is 5.84 Å². The molecule has 0 amide bonds. The summed E-state index contributed by atoms with van der Waals surface area (Å²) < 4.78 is 13.6. The Hall–Kier alpha value is -2.28. The highest BCUT2D eigenvalue weighted by Gasteiger charge is 2.17. The van der Waals surface area contributed by atoms with Gasteiger partial charge in [0.25, 0.3) is 5.69 Å². The van der Waals surface area contributed by atoms with Crippen LogP contribution in [0.2, 0.25) is 0 Å². The molecule has 1 aromatic heterocycles. The van der Waals surface area contributed by atoms with Crippen LogP contribution < -0.4 is 11.3 Å². The van der Waals surface area contributed by atoms with Crippen LogP contribution in [0.15, 0.2) is 18.2 Å². The maximum Gasteiger partial charge on any atom is 0.278 e. The number of non-ortho nitro benzene ring substituents is 1. The van der Waals surface area contributed by atoms with Crippen LogP contribution in [0.5, 0.6) is 0 Å². The zero-order valence-corrected chi connectivity index (χ0v) is 9.61. The molecule has 0 unspecified atom stereocenters. The minimum absolute atomic E-state index is 0.0608. The number of fused-ring (bicyclic) bond motifs is 1. The Labute approximate surface area is 102 Å². The number of nitrogens with two attached hydrogens (primary N) is 1. The Morgan fingerprint density at radius 3 is 2.83 bits per heavy atom. The number of pyridine rings is 1. The van der Waals surface area contributed by atoms with Gasteiger partial charge in [-0.2, -0.15) is 0 Å². The third kappa shape index (κ3) is 1.84. The minimum atomic E-state index is -0.616. The average Bonchev–Trinajstić information content (AvgIpc) is 2.37. The Kier molecular flexibility index (Phi) is 3.07. The number of nitro groups is 1. The van der Waals surface area contributed by atoms with Gasteiger partial charge in [0.15, 0.2) is 0 Å². The second-order valence-electron chi connectivity index (χ2n) is 3.71. The smallest absolute Gasteiger partial charge is 0.278 e. The van der Waals surface area contributed by atoms with Crippen LogP contribution >= 0.6 is 0 Å². The molecule has 0 saturated carbocycles. The van der Waals surface area contributed by atoms with Crippen LogP contribution in [0.25, 0.3) is 10.9 Å². The number of nitro benzene ring substituents is 1. The maximum absolute atomic E-state index is 13.6. The molecule has 1 heterocycles. The third-order valence-corrected chi connectivity index (χ3v) is 2.71. The molecule has 0 fully saturated rings. The van der Waals surface area contributed by atoms with E-state index in [9.17, 15) is 14.5 Å². The summed E-state index contributed by atoms with van der Waals surface area (Å²) in [5, 5.41) is 11.1. The first-order chi connectivity index (χ1) is 8.58. The second kappa shape index (κ2) is 4.53. The van der Waals surface area contributed by atoms with E-state index in [1.807, 2.05) is 6.92 Å². The average molecular weight is 250 g/mol. The van der Waals surface area contributed by atoms with Gasteiger partial charge in [-0.25, -0.2) is 15.2 Å². The van der Waals surface area contributed by atoms with Crippen molar-refractivity contribution in [3.05, 3.63) is 39.7 Å². The number of nitrogen functional groups attached to an aromatic ring is 1. The van der Waals surface area contributed by atoms with Gasteiger partial charge in [-0.05, 0) is 24.1 Å². The van der Waals surface area contributed by atoms with E-state index < -0.39 is 10.7 Å². The molecule has 3 N–H and O–H groups in total. The molecule has 0 aliphatic heterocycles. The lowest BCUT2D eigenvalue weighted by molar-refractivity contribution is -0.383. The van der Waals surface area contributed by atoms with E-state index >= 15 is 0 Å². The molecule has 6 nitrogen and oxygen atoms in total. The zero-order valence-electron chi connectivity index (χ0n) is 9.61. The van der Waals surface area contributed by atoms with Crippen molar-refractivity contribution in [3.63, 3.8) is 0 Å². The van der Waals surface area contributed by atoms with Crippen molar-refractivity contribution in [1.82, 2.24) is 4.98 Å². The number of halogens is 1. The number of benzene rings is 1. The minimum Gasteiger partial charge on any atom is -0.308 e. The predicted octanol–water partition coefficient (Wildman–Crippen LogP) is 2.13. The van der Waals surface area contributed by atoms with Gasteiger partial charge in [0.05, 0.1) is 10.3 Å². The van der Waals surface area contributed by atoms with Crippen molar-refractivity contribution in [1.29, 1.82) is 0 Å². The highest BCUT2D eigenvalue weighted by atomic mass is 19.1. The summed E-state index contributed by atoms with van der Waals surface area (Å²) in [6.07, 6.45) is 0.580. The Morgan fingerprint density at radius 1 is 1.56 bits per heavy atom. The summed E-state index contributed by atoms with van der Waals surface area (Å²) in [5.41, 5.74) is 2.83. The van der Waals surface area contributed by atoms with E-state index in [1.54, 1.807) is 6.07 Å². The van der Waals surface area contributed by atoms with Crippen molar-refractivity contribution >= 4 is 22.4 Å². The number of rotatable bonds is 3. The molecule has 18 heavy (non-hydrogen) atoms. The van der Waals surface area contributed by atoms with E-state index in [1.165, 1.54) is 0 Å². The highest BCUT2D eigenvalue weighted by molar-refractivity contribution is 5.90. The van der Waals surface area contributed by atoms with Gasteiger partial charge in [-0.3, -0.25) is 10.1 Å². The van der Waals surface area contributed by atoms with Gasteiger partial charge in [-0.1, -0.05) is 6.92 Å². The SMILES string of the molecule is CCc1cc2c([N+](=O)[O-])ccc(F)c2nc1NN. The van der Waals surface area contributed by atoms with Gasteiger partial charge >= 0.3 is 0 Å². The van der Waals surface area contributed by atoms with Crippen LogP contribution in [0, 0.1) is 15.9 Å². The second-order valence-corrected chi connectivity index (χ2v) is 3.71. The van der Waals surface area contributed by atoms with Crippen molar-refractivity contribution in [2.75, 3.05) is 5.43 Å². The third-order valence-electron chi connectivity index (χ3n) is 2.71. The van der Waals surface area contributed by atoms with Gasteiger partial charge in [0.2, 0.25) is 0 Å². The molecule has 1 aromatic carbocycles. The monoisotopic (exact) mass is 250 g/mol. The maximum atomic E-state index is 13.6. The molecule has 0 saturated heterocycles. The van der Waals surface area contributed by atoms with E-state index in [0.717, 1.165) is 12.1 Å². The number of nitrogens with one attached hydrogen (secondary N) is 1. The standard InChI is InChI=1S/C11H11FN4O2/c1-2-6-5-7-9(16(17)18)4-3-8(12)10(7)14-11(6)15-13/h3-5H,2,13H2,1H3,(H,14,15). The molecular formula is C11H11FN4O2. The number of hydrogen-bond donors (Lipinski definition) is 2. The van der Waals surface area contributed by atoms with E-state index in [-0.39, 0.29) is 16.6 Å². The number of anilines is 1. The fourth-order valence-electron chi connectivity index (χ4n) is 1.81. The Balaban J connectivity index is 2.86. The lowest BCUT2D eigenvalue weighted by atomic mass is 10.1. The normalized spacial score (nSPS) is 10.6. The number of aromatic nitrogens is 1. The first-order valence-electron chi connectivity index (χ1n) is 5.31. The molecule has 0 aliphatic carbocycles. The molecule has 7 heteroatoms. The van der Waals surface area contributed by atoms with Crippen LogP contribution in [0.3, 0.4) is 0 Å². The summed E-state index contributed by atoms with van der Waals surface area (Å²) in [4.78, 5) is 14.3. The fraction of sp³-hybridized carbons (Fsp3) is 0.182. The first kappa shape index (κ1) is 12.2. The Morgan fingerprint density at radius 2 is 2.28 bits per heavy atom. The van der Waals surface area contributed by atoms with Crippen molar-refractivity contribution in [3.8, 4) is 0 Å². The molecule has 0 spiro atoms. The molecule has 94 valence electrons. The largest absolute Gasteiger partial charge is 0.308 e. The Bertz CT molecular complexity index is 630. The summed E-state index contributed by atoms with van der Waals surface area (Å²) in [6.45, 7) is 1.86. The molecule has 0 aliphatic rings. The molecule has 2 rings (SSSR count). The van der Waals surface area contributed by atoms with Gasteiger partial charge in [0, 0.05) is 6.07 Å². The molecule has 2 aromatic rings. The number of aryl methyl sites for hydroxylation is 1. The zero-order chi connectivity index (χ0) is 13.3. The topological polar surface area (TPSA) is 94.1 Å². The van der Waals surface area contributed by atoms with Crippen LogP contribution in [-0.4, -0.2) is 9.91 Å². The first-order valence-corrected chi connectivity index (χ1v) is 5.31. The summed E-state index contributed by atoms with van der Waals surface area (Å²) in [7, 11) is 0. The number of hydrazine groups is 1. The molecule has 0 atom stereocenters. The van der Waals surface area contributed by atoms with Crippen LogP contribution in [-0.2, 0) is 6.42 Å². The lowest BCUT2D eigenvalue weighted by Crippen LogP contribution is -2.11. The van der Waals surface area contributed by atoms with E-state index in [0.29, 0.717) is 17.8 Å². The molecule has 0 bridgehead atoms. The number of hydrogen-bond acceptors (Lipinski definition) is 5. The van der Waals surface area contributed by atoms with Crippen LogP contribution in [0.4, 0.5) is 15.9 Å². The molecule has 0 radical (unpaired) electrons. The predicted molar refractivity (Wildman–Crippen MR) is 65.5 cm³/mol. The summed E-state index contributed by atoms with van der Waals surface area (Å²) in [5.74, 6) is 5.00. The summed E-state index contributed by atoms with van der Waals surface area (Å²) in [6, 6.07) is 3.70. The summed E-state index contributed by atoms with van der Waals surface area (Å²) >= 11 is 0. The van der Waals surface area contributed by atoms with Gasteiger partial charge in [0.1, 0.15) is 17.2 Å². The van der Waals surface area contributed by atoms with Crippen LogP contribution in [0.1, 0.15) is 12.5 Å². The lowest BCUT2D eigenvalue weighted by Gasteiger charge is -2.08. The molecular weight excluding hydrogens is 239 g/mol. The highest BCUT2D eigenvalue weighted by Crippen LogP contribution is 2.29.